The average Bonchev–Trinajstić information content (AvgIpc) is 2.99. The van der Waals surface area contributed by atoms with E-state index >= 15 is 0 Å². The fraction of sp³-hybridized carbons (Fsp3) is 0.357. The van der Waals surface area contributed by atoms with Crippen LogP contribution in [0.1, 0.15) is 12.0 Å². The van der Waals surface area contributed by atoms with E-state index in [-0.39, 0.29) is 11.7 Å². The number of hydrogen-bond acceptors (Lipinski definition) is 6. The maximum absolute atomic E-state index is 12.0. The Balaban J connectivity index is 2.00. The Morgan fingerprint density at radius 3 is 2.82 bits per heavy atom. The van der Waals surface area contributed by atoms with Crippen molar-refractivity contribution < 1.29 is 4.79 Å². The topological polar surface area (TPSA) is 87.7 Å². The van der Waals surface area contributed by atoms with Gasteiger partial charge >= 0.3 is 0 Å². The summed E-state index contributed by atoms with van der Waals surface area (Å²) >= 11 is 1.28. The minimum atomic E-state index is -0.0568. The minimum absolute atomic E-state index is 0.0568. The second kappa shape index (κ2) is 7.56. The molecule has 0 spiro atoms. The maximum atomic E-state index is 12.0. The zero-order valence-electron chi connectivity index (χ0n) is 12.4. The third kappa shape index (κ3) is 4.05. The number of amides is 1. The zero-order chi connectivity index (χ0) is 15.9. The maximum Gasteiger partial charge on any atom is 0.232 e. The second-order valence-corrected chi connectivity index (χ2v) is 5.66. The van der Waals surface area contributed by atoms with Gasteiger partial charge in [0.15, 0.2) is 0 Å². The Bertz CT molecular complexity index is 675. The van der Waals surface area contributed by atoms with Crippen molar-refractivity contribution in [1.82, 2.24) is 25.1 Å². The van der Waals surface area contributed by atoms with E-state index in [1.165, 1.54) is 16.7 Å². The summed E-state index contributed by atoms with van der Waals surface area (Å²) in [4.78, 5) is 13.5. The van der Waals surface area contributed by atoms with Crippen LogP contribution in [0.25, 0.3) is 5.69 Å². The van der Waals surface area contributed by atoms with Crippen LogP contribution in [0.3, 0.4) is 0 Å². The lowest BCUT2D eigenvalue weighted by molar-refractivity contribution is -0.127. The molecule has 7 nitrogen and oxygen atoms in total. The Morgan fingerprint density at radius 1 is 1.41 bits per heavy atom. The van der Waals surface area contributed by atoms with Crippen LogP contribution in [0, 0.1) is 18.3 Å². The molecule has 0 radical (unpaired) electrons. The molecule has 1 aromatic carbocycles. The molecule has 0 aliphatic carbocycles. The molecule has 0 unspecified atom stereocenters. The van der Waals surface area contributed by atoms with E-state index in [1.54, 1.807) is 11.7 Å². The molecule has 0 bridgehead atoms. The van der Waals surface area contributed by atoms with Crippen LogP contribution in [0.2, 0.25) is 0 Å². The van der Waals surface area contributed by atoms with Crippen LogP contribution >= 0.6 is 11.8 Å². The quantitative estimate of drug-likeness (QED) is 0.749. The van der Waals surface area contributed by atoms with Gasteiger partial charge in [0, 0.05) is 13.6 Å². The highest BCUT2D eigenvalue weighted by Crippen LogP contribution is 2.18. The first-order chi connectivity index (χ1) is 10.6. The molecule has 2 rings (SSSR count). The van der Waals surface area contributed by atoms with E-state index in [2.05, 4.69) is 15.5 Å². The molecule has 0 aliphatic rings. The van der Waals surface area contributed by atoms with Crippen LogP contribution in [-0.4, -0.2) is 50.4 Å². The first-order valence-electron chi connectivity index (χ1n) is 6.71. The van der Waals surface area contributed by atoms with Crippen LogP contribution in [0.4, 0.5) is 0 Å². The number of aromatic nitrogens is 4. The van der Waals surface area contributed by atoms with Gasteiger partial charge < -0.3 is 4.90 Å². The highest BCUT2D eigenvalue weighted by Gasteiger charge is 2.13. The van der Waals surface area contributed by atoms with E-state index in [0.29, 0.717) is 18.1 Å². The number of nitriles is 1. The van der Waals surface area contributed by atoms with E-state index in [1.807, 2.05) is 37.3 Å². The summed E-state index contributed by atoms with van der Waals surface area (Å²) in [6, 6.07) is 9.83. The molecule has 0 atom stereocenters. The van der Waals surface area contributed by atoms with Crippen LogP contribution in [0.15, 0.2) is 29.4 Å². The summed E-state index contributed by atoms with van der Waals surface area (Å²) in [5.74, 6) is 0.174. The zero-order valence-corrected chi connectivity index (χ0v) is 13.2. The lowest BCUT2D eigenvalue weighted by Crippen LogP contribution is -2.29. The number of nitrogens with zero attached hydrogens (tertiary/aromatic N) is 6. The number of benzene rings is 1. The smallest absolute Gasteiger partial charge is 0.232 e. The van der Waals surface area contributed by atoms with Crippen LogP contribution < -0.4 is 0 Å². The molecule has 1 aromatic heterocycles. The van der Waals surface area contributed by atoms with Gasteiger partial charge in [0.2, 0.25) is 11.1 Å². The van der Waals surface area contributed by atoms with Crippen molar-refractivity contribution in [2.45, 2.75) is 18.5 Å². The first kappa shape index (κ1) is 16.0. The normalized spacial score (nSPS) is 10.2. The average molecular weight is 316 g/mol. The molecule has 22 heavy (non-hydrogen) atoms. The summed E-state index contributed by atoms with van der Waals surface area (Å²) in [7, 11) is 1.68. The Morgan fingerprint density at radius 2 is 2.14 bits per heavy atom. The third-order valence-corrected chi connectivity index (χ3v) is 3.93. The predicted octanol–water partition coefficient (Wildman–Crippen LogP) is 1.43. The third-order valence-electron chi connectivity index (χ3n) is 3.03. The molecule has 1 amide bonds. The van der Waals surface area contributed by atoms with Gasteiger partial charge in [0.05, 0.1) is 23.9 Å². The van der Waals surface area contributed by atoms with E-state index in [0.717, 1.165) is 11.3 Å². The number of aryl methyl sites for hydroxylation is 1. The Kier molecular flexibility index (Phi) is 5.49. The van der Waals surface area contributed by atoms with Gasteiger partial charge in [-0.1, -0.05) is 29.5 Å². The van der Waals surface area contributed by atoms with Gasteiger partial charge in [-0.2, -0.15) is 9.94 Å². The Hall–Kier alpha value is -2.40. The van der Waals surface area contributed by atoms with E-state index in [4.69, 9.17) is 5.26 Å². The highest BCUT2D eigenvalue weighted by atomic mass is 32.2. The van der Waals surface area contributed by atoms with Gasteiger partial charge in [-0.05, 0) is 29.5 Å². The number of tetrazole rings is 1. The van der Waals surface area contributed by atoms with Gasteiger partial charge in [0.1, 0.15) is 0 Å². The van der Waals surface area contributed by atoms with E-state index < -0.39 is 0 Å². The van der Waals surface area contributed by atoms with Crippen molar-refractivity contribution in [3.63, 3.8) is 0 Å². The Labute approximate surface area is 132 Å². The number of carbonyl (C=O) groups is 1. The predicted molar refractivity (Wildman–Crippen MR) is 82.5 cm³/mol. The lowest BCUT2D eigenvalue weighted by atomic mass is 10.2. The van der Waals surface area contributed by atoms with Gasteiger partial charge in [-0.25, -0.2) is 0 Å². The van der Waals surface area contributed by atoms with Crippen molar-refractivity contribution >= 4 is 17.7 Å². The van der Waals surface area contributed by atoms with Gasteiger partial charge in [-0.3, -0.25) is 4.79 Å². The summed E-state index contributed by atoms with van der Waals surface area (Å²) in [5, 5.41) is 20.7. The van der Waals surface area contributed by atoms with Crippen molar-refractivity contribution in [1.29, 1.82) is 5.26 Å². The standard InChI is InChI=1S/C14H16N6OS/c1-11-4-6-12(7-5-11)20-14(16-17-18-20)22-10-13(21)19(2)9-3-8-15/h4-7H,3,9-10H2,1-2H3. The van der Waals surface area contributed by atoms with Crippen molar-refractivity contribution in [2.75, 3.05) is 19.3 Å². The minimum Gasteiger partial charge on any atom is -0.344 e. The van der Waals surface area contributed by atoms with Crippen molar-refractivity contribution in [3.8, 4) is 11.8 Å². The number of hydrogen-bond donors (Lipinski definition) is 0. The number of rotatable bonds is 6. The lowest BCUT2D eigenvalue weighted by Gasteiger charge is -2.14. The van der Waals surface area contributed by atoms with Crippen molar-refractivity contribution in [3.05, 3.63) is 29.8 Å². The molecular weight excluding hydrogens is 300 g/mol. The molecule has 0 saturated heterocycles. The fourth-order valence-corrected chi connectivity index (χ4v) is 2.53. The highest BCUT2D eigenvalue weighted by molar-refractivity contribution is 7.99. The molecular formula is C14H16N6OS. The molecule has 1 heterocycles. The summed E-state index contributed by atoms with van der Waals surface area (Å²) in [5.41, 5.74) is 2.00. The molecule has 8 heteroatoms. The largest absolute Gasteiger partial charge is 0.344 e. The molecule has 2 aromatic rings. The fourth-order valence-electron chi connectivity index (χ4n) is 1.70. The summed E-state index contributed by atoms with van der Waals surface area (Å²) in [6.45, 7) is 2.44. The van der Waals surface area contributed by atoms with E-state index in [9.17, 15) is 4.79 Å². The molecule has 0 N–H and O–H groups in total. The van der Waals surface area contributed by atoms with Gasteiger partial charge in [-0.15, -0.1) is 5.10 Å². The van der Waals surface area contributed by atoms with Crippen molar-refractivity contribution in [2.24, 2.45) is 0 Å². The molecule has 0 saturated carbocycles. The molecule has 114 valence electrons. The molecule has 0 aliphatic heterocycles. The SMILES string of the molecule is Cc1ccc(-n2nnnc2SCC(=O)N(C)CCC#N)cc1. The summed E-state index contributed by atoms with van der Waals surface area (Å²) in [6.07, 6.45) is 0.327. The van der Waals surface area contributed by atoms with Crippen LogP contribution in [-0.2, 0) is 4.79 Å². The monoisotopic (exact) mass is 316 g/mol. The number of thioether (sulfide) groups is 1. The first-order valence-corrected chi connectivity index (χ1v) is 7.69. The van der Waals surface area contributed by atoms with Crippen LogP contribution in [0.5, 0.6) is 0 Å². The summed E-state index contributed by atoms with van der Waals surface area (Å²) < 4.78 is 1.60. The molecule has 0 fully saturated rings. The van der Waals surface area contributed by atoms with Gasteiger partial charge in [0.25, 0.3) is 0 Å². The second-order valence-electron chi connectivity index (χ2n) is 4.72. The number of carbonyl (C=O) groups excluding carboxylic acids is 1.